The molecule has 0 atom stereocenters. The molecule has 0 aliphatic heterocycles. The van der Waals surface area contributed by atoms with Gasteiger partial charge in [-0.05, 0) is 24.1 Å². The van der Waals surface area contributed by atoms with Crippen LogP contribution in [0.5, 0.6) is 11.5 Å². The highest BCUT2D eigenvalue weighted by molar-refractivity contribution is 7.16. The SMILES string of the molecule is Fc1cnc(C(F)(F)F)c(F)c1Oc1ccc(CCNc2ncnc3scnc23)cc1. The number of benzene rings is 1. The summed E-state index contributed by atoms with van der Waals surface area (Å²) in [6.45, 7) is 0.520. The van der Waals surface area contributed by atoms with Crippen molar-refractivity contribution in [3.63, 3.8) is 0 Å². The first-order valence-electron chi connectivity index (χ1n) is 8.79. The summed E-state index contributed by atoms with van der Waals surface area (Å²) in [5.41, 5.74) is 1.37. The zero-order valence-electron chi connectivity index (χ0n) is 15.5. The Morgan fingerprint density at radius 1 is 1.00 bits per heavy atom. The fourth-order valence-corrected chi connectivity index (χ4v) is 3.36. The van der Waals surface area contributed by atoms with Crippen LogP contribution in [0.4, 0.5) is 27.8 Å². The van der Waals surface area contributed by atoms with E-state index in [0.29, 0.717) is 24.3 Å². The number of aromatic nitrogens is 4. The average Bonchev–Trinajstić information content (AvgIpc) is 3.21. The Labute approximate surface area is 175 Å². The predicted molar refractivity (Wildman–Crippen MR) is 103 cm³/mol. The first kappa shape index (κ1) is 20.8. The van der Waals surface area contributed by atoms with Gasteiger partial charge in [0.1, 0.15) is 22.4 Å². The maximum absolute atomic E-state index is 14.0. The first-order valence-corrected chi connectivity index (χ1v) is 9.67. The Morgan fingerprint density at radius 3 is 2.52 bits per heavy atom. The molecule has 0 unspecified atom stereocenters. The molecule has 3 aromatic heterocycles. The van der Waals surface area contributed by atoms with Crippen molar-refractivity contribution in [1.29, 1.82) is 0 Å². The molecule has 0 aliphatic carbocycles. The molecule has 6 nitrogen and oxygen atoms in total. The Bertz CT molecular complexity index is 1210. The van der Waals surface area contributed by atoms with Gasteiger partial charge in [-0.25, -0.2) is 28.7 Å². The summed E-state index contributed by atoms with van der Waals surface area (Å²) in [5, 5.41) is 3.16. The third-order valence-corrected chi connectivity index (χ3v) is 4.92. The van der Waals surface area contributed by atoms with E-state index in [4.69, 9.17) is 4.74 Å². The van der Waals surface area contributed by atoms with E-state index in [9.17, 15) is 22.0 Å². The van der Waals surface area contributed by atoms with Crippen molar-refractivity contribution in [1.82, 2.24) is 19.9 Å². The number of pyridine rings is 1. The summed E-state index contributed by atoms with van der Waals surface area (Å²) in [4.78, 5) is 16.0. The maximum atomic E-state index is 14.0. The van der Waals surface area contributed by atoms with Gasteiger partial charge in [0.2, 0.25) is 5.75 Å². The molecule has 0 saturated heterocycles. The number of thiazole rings is 1. The van der Waals surface area contributed by atoms with E-state index < -0.39 is 29.3 Å². The molecule has 160 valence electrons. The highest BCUT2D eigenvalue weighted by Gasteiger charge is 2.38. The molecule has 0 aliphatic rings. The number of alkyl halides is 3. The third kappa shape index (κ3) is 4.53. The van der Waals surface area contributed by atoms with Gasteiger partial charge in [0.05, 0.1) is 11.7 Å². The standard InChI is InChI=1S/C19H12F5N5OS/c20-12-7-26-16(19(22,23)24)13(21)15(12)30-11-3-1-10(2-4-11)5-6-25-17-14-18(28-8-27-17)31-9-29-14/h1-4,7-9H,5-6H2,(H,25,27,28). The van der Waals surface area contributed by atoms with Crippen molar-refractivity contribution in [2.45, 2.75) is 12.6 Å². The van der Waals surface area contributed by atoms with Gasteiger partial charge in [0.15, 0.2) is 23.1 Å². The molecule has 0 amide bonds. The Morgan fingerprint density at radius 2 is 1.77 bits per heavy atom. The number of anilines is 1. The summed E-state index contributed by atoms with van der Waals surface area (Å²) in [5.74, 6) is -3.81. The highest BCUT2D eigenvalue weighted by Crippen LogP contribution is 2.36. The van der Waals surface area contributed by atoms with Crippen molar-refractivity contribution < 1.29 is 26.7 Å². The van der Waals surface area contributed by atoms with Gasteiger partial charge in [-0.3, -0.25) is 0 Å². The molecule has 4 rings (SSSR count). The van der Waals surface area contributed by atoms with E-state index in [1.54, 1.807) is 17.6 Å². The molecule has 0 saturated carbocycles. The molecule has 3 heterocycles. The molecular formula is C19H12F5N5OS. The van der Waals surface area contributed by atoms with E-state index in [1.165, 1.54) is 29.8 Å². The van der Waals surface area contributed by atoms with Gasteiger partial charge < -0.3 is 10.1 Å². The molecule has 0 spiro atoms. The summed E-state index contributed by atoms with van der Waals surface area (Å²) < 4.78 is 71.1. The minimum atomic E-state index is -5.07. The van der Waals surface area contributed by atoms with Gasteiger partial charge in [0, 0.05) is 6.54 Å². The van der Waals surface area contributed by atoms with Crippen LogP contribution in [0.1, 0.15) is 11.3 Å². The lowest BCUT2D eigenvalue weighted by molar-refractivity contribution is -0.143. The number of nitrogens with zero attached hydrogens (tertiary/aromatic N) is 4. The van der Waals surface area contributed by atoms with Crippen LogP contribution in [0.15, 0.2) is 42.3 Å². The smallest absolute Gasteiger partial charge is 0.436 e. The lowest BCUT2D eigenvalue weighted by atomic mass is 10.1. The monoisotopic (exact) mass is 453 g/mol. The minimum Gasteiger partial charge on any atom is -0.451 e. The largest absolute Gasteiger partial charge is 0.451 e. The minimum absolute atomic E-state index is 0.0196. The van der Waals surface area contributed by atoms with Crippen LogP contribution >= 0.6 is 11.3 Å². The van der Waals surface area contributed by atoms with Crippen molar-refractivity contribution >= 4 is 27.5 Å². The van der Waals surface area contributed by atoms with Gasteiger partial charge >= 0.3 is 6.18 Å². The molecular weight excluding hydrogens is 441 g/mol. The fourth-order valence-electron chi connectivity index (χ4n) is 2.73. The fraction of sp³-hybridized carbons (Fsp3) is 0.158. The third-order valence-electron chi connectivity index (χ3n) is 4.18. The Kier molecular flexibility index (Phi) is 5.63. The molecule has 12 heteroatoms. The molecule has 0 fully saturated rings. The van der Waals surface area contributed by atoms with E-state index in [1.807, 2.05) is 0 Å². The first-order chi connectivity index (χ1) is 14.8. The summed E-state index contributed by atoms with van der Waals surface area (Å²) in [6, 6.07) is 6.09. The second-order valence-corrected chi connectivity index (χ2v) is 7.08. The van der Waals surface area contributed by atoms with Gasteiger partial charge in [-0.15, -0.1) is 11.3 Å². The molecule has 0 bridgehead atoms. The number of nitrogens with one attached hydrogen (secondary N) is 1. The second kappa shape index (κ2) is 8.38. The van der Waals surface area contributed by atoms with Crippen LogP contribution in [-0.4, -0.2) is 26.5 Å². The topological polar surface area (TPSA) is 72.8 Å². The van der Waals surface area contributed by atoms with Gasteiger partial charge in [-0.2, -0.15) is 13.2 Å². The average molecular weight is 453 g/mol. The highest BCUT2D eigenvalue weighted by atomic mass is 32.1. The van der Waals surface area contributed by atoms with E-state index in [2.05, 4.69) is 25.3 Å². The molecule has 31 heavy (non-hydrogen) atoms. The number of hydrogen-bond acceptors (Lipinski definition) is 7. The summed E-state index contributed by atoms with van der Waals surface area (Å²) in [6.07, 6.45) is -2.78. The molecule has 1 aromatic carbocycles. The van der Waals surface area contributed by atoms with Crippen molar-refractivity contribution in [3.05, 3.63) is 65.2 Å². The van der Waals surface area contributed by atoms with Crippen LogP contribution in [-0.2, 0) is 12.6 Å². The molecule has 4 aromatic rings. The van der Waals surface area contributed by atoms with Crippen LogP contribution in [0, 0.1) is 11.6 Å². The number of fused-ring (bicyclic) bond motifs is 1. The van der Waals surface area contributed by atoms with E-state index in [-0.39, 0.29) is 11.9 Å². The van der Waals surface area contributed by atoms with Crippen LogP contribution in [0.3, 0.4) is 0 Å². The zero-order valence-corrected chi connectivity index (χ0v) is 16.3. The number of ether oxygens (including phenoxy) is 1. The molecule has 0 radical (unpaired) electrons. The normalized spacial score (nSPS) is 11.6. The zero-order chi connectivity index (χ0) is 22.0. The van der Waals surface area contributed by atoms with Crippen LogP contribution < -0.4 is 10.1 Å². The number of hydrogen-bond donors (Lipinski definition) is 1. The van der Waals surface area contributed by atoms with Crippen molar-refractivity contribution in [2.75, 3.05) is 11.9 Å². The van der Waals surface area contributed by atoms with E-state index >= 15 is 0 Å². The number of halogens is 5. The van der Waals surface area contributed by atoms with Crippen LogP contribution in [0.2, 0.25) is 0 Å². The Balaban J connectivity index is 1.42. The lowest BCUT2D eigenvalue weighted by Crippen LogP contribution is -2.12. The van der Waals surface area contributed by atoms with Crippen molar-refractivity contribution in [3.8, 4) is 11.5 Å². The predicted octanol–water partition coefficient (Wildman–Crippen LogP) is 5.23. The lowest BCUT2D eigenvalue weighted by Gasteiger charge is -2.12. The summed E-state index contributed by atoms with van der Waals surface area (Å²) in [7, 11) is 0. The van der Waals surface area contributed by atoms with Crippen LogP contribution in [0.25, 0.3) is 10.3 Å². The van der Waals surface area contributed by atoms with Crippen molar-refractivity contribution in [2.24, 2.45) is 0 Å². The van der Waals surface area contributed by atoms with Gasteiger partial charge in [0.25, 0.3) is 0 Å². The van der Waals surface area contributed by atoms with E-state index in [0.717, 1.165) is 10.4 Å². The Hall–Kier alpha value is -3.41. The maximum Gasteiger partial charge on any atom is 0.436 e. The number of rotatable bonds is 6. The summed E-state index contributed by atoms with van der Waals surface area (Å²) >= 11 is 1.40. The second-order valence-electron chi connectivity index (χ2n) is 6.25. The quantitative estimate of drug-likeness (QED) is 0.404. The van der Waals surface area contributed by atoms with Gasteiger partial charge in [-0.1, -0.05) is 12.1 Å². The molecule has 1 N–H and O–H groups in total.